The van der Waals surface area contributed by atoms with Gasteiger partial charge >= 0.3 is 0 Å². The molecule has 1 N–H and O–H groups in total. The molecule has 0 aliphatic carbocycles. The first-order valence-corrected chi connectivity index (χ1v) is 6.14. The Morgan fingerprint density at radius 3 is 2.42 bits per heavy atom. The number of nitrogens with zero attached hydrogens (tertiary/aromatic N) is 1. The third-order valence-corrected chi connectivity index (χ3v) is 3.31. The van der Waals surface area contributed by atoms with Crippen molar-refractivity contribution in [2.75, 3.05) is 0 Å². The number of aryl methyl sites for hydroxylation is 1. The number of halogens is 2. The highest BCUT2D eigenvalue weighted by Crippen LogP contribution is 2.24. The van der Waals surface area contributed by atoms with Crippen LogP contribution in [0.1, 0.15) is 5.56 Å². The molecule has 96 valence electrons. The third-order valence-electron chi connectivity index (χ3n) is 3.03. The highest BCUT2D eigenvalue weighted by Gasteiger charge is 2.14. The first-order valence-electron chi connectivity index (χ1n) is 5.73. The van der Waals surface area contributed by atoms with Crippen molar-refractivity contribution >= 4 is 23.3 Å². The van der Waals surface area contributed by atoms with Crippen molar-refractivity contribution in [1.82, 2.24) is 9.55 Å². The van der Waals surface area contributed by atoms with Crippen molar-refractivity contribution in [1.29, 1.82) is 0 Å². The Kier molecular flexibility index (Phi) is 2.71. The van der Waals surface area contributed by atoms with Crippen LogP contribution in [-0.4, -0.2) is 9.55 Å². The molecule has 0 atom stereocenters. The second kappa shape index (κ2) is 4.28. The molecule has 0 radical (unpaired) electrons. The summed E-state index contributed by atoms with van der Waals surface area (Å²) in [6.07, 6.45) is 0. The summed E-state index contributed by atoms with van der Waals surface area (Å²) in [6.45, 7) is 1.96. The Morgan fingerprint density at radius 2 is 1.74 bits per heavy atom. The van der Waals surface area contributed by atoms with Gasteiger partial charge in [-0.25, -0.2) is 8.78 Å². The zero-order valence-electron chi connectivity index (χ0n) is 10.1. The Morgan fingerprint density at radius 1 is 1.05 bits per heavy atom. The molecule has 0 spiro atoms. The average Bonchev–Trinajstić information content (AvgIpc) is 2.72. The average molecular weight is 276 g/mol. The summed E-state index contributed by atoms with van der Waals surface area (Å²) in [6, 6.07) is 10.0. The molecular formula is C14H10F2N2S. The normalized spacial score (nSPS) is 11.1. The van der Waals surface area contributed by atoms with Gasteiger partial charge in [0.25, 0.3) is 0 Å². The Labute approximate surface area is 113 Å². The van der Waals surface area contributed by atoms with Crippen LogP contribution in [0.25, 0.3) is 16.7 Å². The summed E-state index contributed by atoms with van der Waals surface area (Å²) in [5, 5.41) is 0. The SMILES string of the molecule is Cc1ccc(-n2c(=S)[nH]c3ccc(F)c(F)c32)cc1. The highest BCUT2D eigenvalue weighted by molar-refractivity contribution is 7.71. The number of hydrogen-bond donors (Lipinski definition) is 1. The summed E-state index contributed by atoms with van der Waals surface area (Å²) >= 11 is 5.19. The van der Waals surface area contributed by atoms with E-state index >= 15 is 0 Å². The molecule has 1 heterocycles. The maximum Gasteiger partial charge on any atom is 0.184 e. The zero-order chi connectivity index (χ0) is 13.6. The fourth-order valence-corrected chi connectivity index (χ4v) is 2.38. The molecule has 0 saturated heterocycles. The first-order chi connectivity index (χ1) is 9.08. The molecule has 0 amide bonds. The predicted octanol–water partition coefficient (Wildman–Crippen LogP) is 4.27. The molecular weight excluding hydrogens is 266 g/mol. The maximum absolute atomic E-state index is 14.0. The topological polar surface area (TPSA) is 20.7 Å². The fraction of sp³-hybridized carbons (Fsp3) is 0.0714. The number of H-pyrrole nitrogens is 1. The van der Waals surface area contributed by atoms with Gasteiger partial charge in [0.1, 0.15) is 5.52 Å². The number of fused-ring (bicyclic) bond motifs is 1. The minimum atomic E-state index is -0.898. The van der Waals surface area contributed by atoms with Gasteiger partial charge < -0.3 is 4.98 Å². The summed E-state index contributed by atoms with van der Waals surface area (Å²) in [5.74, 6) is -1.78. The number of aromatic nitrogens is 2. The predicted molar refractivity (Wildman–Crippen MR) is 73.1 cm³/mol. The van der Waals surface area contributed by atoms with E-state index in [0.29, 0.717) is 16.0 Å². The number of aromatic amines is 1. The van der Waals surface area contributed by atoms with Crippen LogP contribution in [-0.2, 0) is 0 Å². The molecule has 0 fully saturated rings. The molecule has 3 rings (SSSR count). The smallest absolute Gasteiger partial charge is 0.184 e. The summed E-state index contributed by atoms with van der Waals surface area (Å²) in [4.78, 5) is 2.88. The highest BCUT2D eigenvalue weighted by atomic mass is 32.1. The van der Waals surface area contributed by atoms with Gasteiger partial charge in [-0.3, -0.25) is 4.57 Å². The fourth-order valence-electron chi connectivity index (χ4n) is 2.07. The minimum Gasteiger partial charge on any atom is -0.330 e. The van der Waals surface area contributed by atoms with E-state index in [0.717, 1.165) is 11.6 Å². The van der Waals surface area contributed by atoms with Gasteiger partial charge in [0.15, 0.2) is 16.4 Å². The quantitative estimate of drug-likeness (QED) is 0.658. The van der Waals surface area contributed by atoms with E-state index in [1.807, 2.05) is 31.2 Å². The van der Waals surface area contributed by atoms with Gasteiger partial charge in [-0.1, -0.05) is 17.7 Å². The molecule has 1 aromatic heterocycles. The molecule has 0 bridgehead atoms. The van der Waals surface area contributed by atoms with Gasteiger partial charge in [-0.05, 0) is 43.4 Å². The maximum atomic E-state index is 14.0. The molecule has 0 aliphatic heterocycles. The second-order valence-corrected chi connectivity index (χ2v) is 4.75. The van der Waals surface area contributed by atoms with Gasteiger partial charge in [0.2, 0.25) is 0 Å². The molecule has 2 aromatic carbocycles. The van der Waals surface area contributed by atoms with Crippen LogP contribution >= 0.6 is 12.2 Å². The molecule has 0 saturated carbocycles. The second-order valence-electron chi connectivity index (χ2n) is 4.36. The zero-order valence-corrected chi connectivity index (χ0v) is 10.9. The van der Waals surface area contributed by atoms with Crippen LogP contribution in [0.3, 0.4) is 0 Å². The van der Waals surface area contributed by atoms with Crippen LogP contribution in [0, 0.1) is 23.3 Å². The Hall–Kier alpha value is -2.01. The van der Waals surface area contributed by atoms with Crippen LogP contribution in [0.4, 0.5) is 8.78 Å². The number of imidazole rings is 1. The van der Waals surface area contributed by atoms with Crippen molar-refractivity contribution in [2.24, 2.45) is 0 Å². The molecule has 2 nitrogen and oxygen atoms in total. The van der Waals surface area contributed by atoms with Crippen LogP contribution in [0.5, 0.6) is 0 Å². The minimum absolute atomic E-state index is 0.133. The molecule has 0 aliphatic rings. The van der Waals surface area contributed by atoms with Gasteiger partial charge in [0, 0.05) is 5.69 Å². The van der Waals surface area contributed by atoms with Crippen molar-refractivity contribution in [3.63, 3.8) is 0 Å². The molecule has 0 unspecified atom stereocenters. The Balaban J connectivity index is 2.40. The van der Waals surface area contributed by atoms with E-state index < -0.39 is 11.6 Å². The lowest BCUT2D eigenvalue weighted by molar-refractivity contribution is 0.514. The lowest BCUT2D eigenvalue weighted by Gasteiger charge is -2.06. The molecule has 19 heavy (non-hydrogen) atoms. The number of nitrogens with one attached hydrogen (secondary N) is 1. The van der Waals surface area contributed by atoms with Crippen molar-refractivity contribution in [3.8, 4) is 5.69 Å². The summed E-state index contributed by atoms with van der Waals surface area (Å²) in [7, 11) is 0. The number of benzene rings is 2. The largest absolute Gasteiger partial charge is 0.330 e. The van der Waals surface area contributed by atoms with E-state index in [-0.39, 0.29) is 5.52 Å². The number of rotatable bonds is 1. The first kappa shape index (κ1) is 12.0. The van der Waals surface area contributed by atoms with Crippen molar-refractivity contribution < 1.29 is 8.78 Å². The van der Waals surface area contributed by atoms with Crippen LogP contribution in [0.15, 0.2) is 36.4 Å². The van der Waals surface area contributed by atoms with Crippen LogP contribution in [0.2, 0.25) is 0 Å². The van der Waals surface area contributed by atoms with Gasteiger partial charge in [0.05, 0.1) is 5.52 Å². The van der Waals surface area contributed by atoms with E-state index in [4.69, 9.17) is 12.2 Å². The van der Waals surface area contributed by atoms with Crippen LogP contribution < -0.4 is 0 Å². The summed E-state index contributed by atoms with van der Waals surface area (Å²) < 4.78 is 29.2. The molecule has 5 heteroatoms. The number of hydrogen-bond acceptors (Lipinski definition) is 1. The van der Waals surface area contributed by atoms with Crippen molar-refractivity contribution in [2.45, 2.75) is 6.92 Å². The molecule has 3 aromatic rings. The van der Waals surface area contributed by atoms with E-state index in [9.17, 15) is 8.78 Å². The Bertz CT molecular complexity index is 816. The standard InChI is InChI=1S/C14H10F2N2S/c1-8-2-4-9(5-3-8)18-13-11(17-14(18)19)7-6-10(15)12(13)16/h2-7H,1H3,(H,17,19). The van der Waals surface area contributed by atoms with E-state index in [2.05, 4.69) is 4.98 Å². The van der Waals surface area contributed by atoms with E-state index in [1.165, 1.54) is 10.6 Å². The monoisotopic (exact) mass is 276 g/mol. The van der Waals surface area contributed by atoms with Gasteiger partial charge in [-0.15, -0.1) is 0 Å². The van der Waals surface area contributed by atoms with Crippen molar-refractivity contribution in [3.05, 3.63) is 58.4 Å². The summed E-state index contributed by atoms with van der Waals surface area (Å²) in [5.41, 5.74) is 2.39. The lowest BCUT2D eigenvalue weighted by atomic mass is 10.2. The third kappa shape index (κ3) is 1.86. The lowest BCUT2D eigenvalue weighted by Crippen LogP contribution is -1.97. The van der Waals surface area contributed by atoms with Gasteiger partial charge in [-0.2, -0.15) is 0 Å². The van der Waals surface area contributed by atoms with E-state index in [1.54, 1.807) is 0 Å².